The summed E-state index contributed by atoms with van der Waals surface area (Å²) in [7, 11) is 1.55. The Balaban J connectivity index is 1.72. The first-order valence-electron chi connectivity index (χ1n) is 8.86. The lowest BCUT2D eigenvalue weighted by Crippen LogP contribution is -2.38. The standard InChI is InChI=1S/C19H23N3O4S/c1-13(17(23)20-12-16-7-4-9-26-16)22-8-10-27-19(22)21-18(24)14-5-3-6-15(11-14)25-2/h3,5-6,8,10-11,13,16H,4,7,9,12H2,1-2H3,(H,20,23)/t13-,16-/m0/s1. The number of carbonyl (C=O) groups excluding carboxylic acids is 2. The Hall–Kier alpha value is -2.45. The molecular weight excluding hydrogens is 366 g/mol. The fraction of sp³-hybridized carbons (Fsp3) is 0.421. The highest BCUT2D eigenvalue weighted by Crippen LogP contribution is 2.14. The number of hydrogen-bond acceptors (Lipinski definition) is 5. The van der Waals surface area contributed by atoms with Crippen LogP contribution in [0, 0.1) is 0 Å². The number of ether oxygens (including phenoxy) is 2. The number of carbonyl (C=O) groups is 2. The van der Waals surface area contributed by atoms with Gasteiger partial charge in [-0.15, -0.1) is 11.3 Å². The van der Waals surface area contributed by atoms with Gasteiger partial charge in [-0.25, -0.2) is 0 Å². The third-order valence-corrected chi connectivity index (χ3v) is 5.23. The number of rotatable bonds is 6. The molecule has 1 aliphatic heterocycles. The van der Waals surface area contributed by atoms with Gasteiger partial charge in [0.15, 0.2) is 4.80 Å². The van der Waals surface area contributed by atoms with Crippen molar-refractivity contribution in [3.05, 3.63) is 46.2 Å². The number of nitrogens with one attached hydrogen (secondary N) is 1. The van der Waals surface area contributed by atoms with Crippen molar-refractivity contribution in [2.75, 3.05) is 20.3 Å². The Morgan fingerprint density at radius 2 is 2.33 bits per heavy atom. The van der Waals surface area contributed by atoms with Crippen LogP contribution in [0.1, 0.15) is 36.2 Å². The van der Waals surface area contributed by atoms with Gasteiger partial charge in [0.25, 0.3) is 5.91 Å². The van der Waals surface area contributed by atoms with Crippen LogP contribution in [0.4, 0.5) is 0 Å². The maximum atomic E-state index is 12.5. The first-order chi connectivity index (χ1) is 13.1. The molecule has 1 N–H and O–H groups in total. The molecule has 0 saturated carbocycles. The van der Waals surface area contributed by atoms with Gasteiger partial charge in [0.1, 0.15) is 11.8 Å². The van der Waals surface area contributed by atoms with Crippen molar-refractivity contribution in [1.82, 2.24) is 9.88 Å². The predicted octanol–water partition coefficient (Wildman–Crippen LogP) is 2.16. The summed E-state index contributed by atoms with van der Waals surface area (Å²) >= 11 is 1.31. The molecule has 7 nitrogen and oxygen atoms in total. The molecule has 8 heteroatoms. The lowest BCUT2D eigenvalue weighted by Gasteiger charge is -2.16. The lowest BCUT2D eigenvalue weighted by atomic mass is 10.2. The summed E-state index contributed by atoms with van der Waals surface area (Å²) in [5.74, 6) is 0.0910. The van der Waals surface area contributed by atoms with E-state index in [0.29, 0.717) is 22.7 Å². The van der Waals surface area contributed by atoms with Crippen LogP contribution in [-0.4, -0.2) is 42.7 Å². The van der Waals surface area contributed by atoms with Gasteiger partial charge in [0.05, 0.1) is 13.2 Å². The molecular formula is C19H23N3O4S. The van der Waals surface area contributed by atoms with E-state index in [9.17, 15) is 9.59 Å². The highest BCUT2D eigenvalue weighted by molar-refractivity contribution is 7.07. The third kappa shape index (κ3) is 4.84. The van der Waals surface area contributed by atoms with Crippen molar-refractivity contribution in [2.45, 2.75) is 31.9 Å². The van der Waals surface area contributed by atoms with E-state index in [1.807, 2.05) is 5.38 Å². The average Bonchev–Trinajstić information content (AvgIpc) is 3.37. The normalized spacial score (nSPS) is 18.3. The molecule has 27 heavy (non-hydrogen) atoms. The predicted molar refractivity (Wildman–Crippen MR) is 102 cm³/mol. The second-order valence-electron chi connectivity index (χ2n) is 6.30. The van der Waals surface area contributed by atoms with Crippen molar-refractivity contribution in [2.24, 2.45) is 4.99 Å². The molecule has 0 aliphatic carbocycles. The van der Waals surface area contributed by atoms with Gasteiger partial charge in [0.2, 0.25) is 5.91 Å². The summed E-state index contributed by atoms with van der Waals surface area (Å²) in [6, 6.07) is 6.36. The fourth-order valence-electron chi connectivity index (χ4n) is 2.86. The third-order valence-electron chi connectivity index (χ3n) is 4.45. The van der Waals surface area contributed by atoms with Gasteiger partial charge in [-0.2, -0.15) is 4.99 Å². The quantitative estimate of drug-likeness (QED) is 0.821. The van der Waals surface area contributed by atoms with Crippen LogP contribution >= 0.6 is 11.3 Å². The SMILES string of the molecule is COc1cccc(C(=O)N=c2sccn2[C@@H](C)C(=O)NC[C@@H]2CCCO2)c1. The van der Waals surface area contributed by atoms with Crippen molar-refractivity contribution in [3.8, 4) is 5.75 Å². The van der Waals surface area contributed by atoms with Gasteiger partial charge >= 0.3 is 0 Å². The molecule has 0 radical (unpaired) electrons. The summed E-state index contributed by atoms with van der Waals surface area (Å²) in [6.45, 7) is 3.04. The molecule has 0 spiro atoms. The van der Waals surface area contributed by atoms with Gasteiger partial charge < -0.3 is 19.4 Å². The molecule has 1 saturated heterocycles. The lowest BCUT2D eigenvalue weighted by molar-refractivity contribution is -0.124. The largest absolute Gasteiger partial charge is 0.497 e. The number of amides is 2. The number of thiazole rings is 1. The Kier molecular flexibility index (Phi) is 6.41. The first-order valence-corrected chi connectivity index (χ1v) is 9.74. The summed E-state index contributed by atoms with van der Waals surface area (Å²) in [6.07, 6.45) is 3.85. The molecule has 2 atom stereocenters. The summed E-state index contributed by atoms with van der Waals surface area (Å²) < 4.78 is 12.4. The zero-order valence-electron chi connectivity index (χ0n) is 15.4. The van der Waals surface area contributed by atoms with Crippen LogP contribution in [0.5, 0.6) is 5.75 Å². The molecule has 1 aliphatic rings. The van der Waals surface area contributed by atoms with E-state index in [-0.39, 0.29) is 17.9 Å². The van der Waals surface area contributed by atoms with Crippen molar-refractivity contribution in [1.29, 1.82) is 0 Å². The molecule has 1 fully saturated rings. The van der Waals surface area contributed by atoms with Gasteiger partial charge in [-0.1, -0.05) is 6.07 Å². The highest BCUT2D eigenvalue weighted by atomic mass is 32.1. The van der Waals surface area contributed by atoms with E-state index in [2.05, 4.69) is 10.3 Å². The van der Waals surface area contributed by atoms with E-state index >= 15 is 0 Å². The maximum Gasteiger partial charge on any atom is 0.279 e. The average molecular weight is 389 g/mol. The van der Waals surface area contributed by atoms with Crippen LogP contribution in [0.3, 0.4) is 0 Å². The molecule has 1 aromatic heterocycles. The van der Waals surface area contributed by atoms with Gasteiger partial charge in [-0.05, 0) is 38.0 Å². The first kappa shape index (κ1) is 19.3. The minimum absolute atomic E-state index is 0.0902. The van der Waals surface area contributed by atoms with Crippen molar-refractivity contribution < 1.29 is 19.1 Å². The topological polar surface area (TPSA) is 81.9 Å². The molecule has 144 valence electrons. The van der Waals surface area contributed by atoms with Crippen LogP contribution < -0.4 is 14.9 Å². The molecule has 2 amide bonds. The molecule has 2 aromatic rings. The summed E-state index contributed by atoms with van der Waals surface area (Å²) in [5.41, 5.74) is 0.435. The number of hydrogen-bond donors (Lipinski definition) is 1. The molecule has 0 unspecified atom stereocenters. The summed E-state index contributed by atoms with van der Waals surface area (Å²) in [5, 5.41) is 4.72. The maximum absolute atomic E-state index is 12.5. The van der Waals surface area contributed by atoms with Gasteiger partial charge in [0, 0.05) is 30.3 Å². The number of aromatic nitrogens is 1. The zero-order chi connectivity index (χ0) is 19.2. The number of methoxy groups -OCH3 is 1. The zero-order valence-corrected chi connectivity index (χ0v) is 16.2. The Bertz CT molecular complexity index is 868. The van der Waals surface area contributed by atoms with E-state index in [4.69, 9.17) is 9.47 Å². The second-order valence-corrected chi connectivity index (χ2v) is 7.17. The van der Waals surface area contributed by atoms with Crippen LogP contribution in [0.2, 0.25) is 0 Å². The molecule has 2 heterocycles. The van der Waals surface area contributed by atoms with Crippen LogP contribution in [0.25, 0.3) is 0 Å². The smallest absolute Gasteiger partial charge is 0.279 e. The van der Waals surface area contributed by atoms with Crippen molar-refractivity contribution >= 4 is 23.2 Å². The highest BCUT2D eigenvalue weighted by Gasteiger charge is 2.20. The van der Waals surface area contributed by atoms with E-state index < -0.39 is 6.04 Å². The summed E-state index contributed by atoms with van der Waals surface area (Å²) in [4.78, 5) is 29.6. The number of nitrogens with zero attached hydrogens (tertiary/aromatic N) is 2. The van der Waals surface area contributed by atoms with Crippen LogP contribution in [-0.2, 0) is 9.53 Å². The van der Waals surface area contributed by atoms with Crippen molar-refractivity contribution in [3.63, 3.8) is 0 Å². The Labute approximate surface area is 161 Å². The molecule has 3 rings (SSSR count). The Morgan fingerprint density at radius 3 is 3.07 bits per heavy atom. The van der Waals surface area contributed by atoms with Crippen LogP contribution in [0.15, 0.2) is 40.8 Å². The van der Waals surface area contributed by atoms with Gasteiger partial charge in [-0.3, -0.25) is 9.59 Å². The van der Waals surface area contributed by atoms with E-state index in [1.54, 1.807) is 49.1 Å². The fourth-order valence-corrected chi connectivity index (χ4v) is 3.65. The van der Waals surface area contributed by atoms with E-state index in [0.717, 1.165) is 19.4 Å². The van der Waals surface area contributed by atoms with E-state index in [1.165, 1.54) is 11.3 Å². The molecule has 1 aromatic carbocycles. The molecule has 0 bridgehead atoms. The monoisotopic (exact) mass is 389 g/mol. The minimum atomic E-state index is -0.477. The number of benzene rings is 1. The second kappa shape index (κ2) is 8.96. The minimum Gasteiger partial charge on any atom is -0.497 e. The Morgan fingerprint density at radius 1 is 1.48 bits per heavy atom.